The van der Waals surface area contributed by atoms with Crippen LogP contribution >= 0.6 is 0 Å². The van der Waals surface area contributed by atoms with E-state index in [1.807, 2.05) is 24.3 Å². The number of aromatic nitrogens is 6. The zero-order valence-corrected chi connectivity index (χ0v) is 23.7. The molecule has 0 radical (unpaired) electrons. The van der Waals surface area contributed by atoms with Crippen LogP contribution in [0.4, 0.5) is 10.1 Å². The minimum atomic E-state index is -3.44. The first-order valence-corrected chi connectivity index (χ1v) is 15.4. The number of rotatable bonds is 8. The largest absolute Gasteiger partial charge is 0.353 e. The molecule has 1 amide bonds. The Morgan fingerprint density at radius 3 is 2.65 bits per heavy atom. The lowest BCUT2D eigenvalue weighted by Gasteiger charge is -2.08. The van der Waals surface area contributed by atoms with Gasteiger partial charge in [-0.1, -0.05) is 0 Å². The van der Waals surface area contributed by atoms with Crippen LogP contribution in [0, 0.1) is 11.7 Å². The van der Waals surface area contributed by atoms with E-state index in [1.54, 1.807) is 30.9 Å². The predicted octanol–water partition coefficient (Wildman–Crippen LogP) is 4.77. The second-order valence-corrected chi connectivity index (χ2v) is 12.5. The number of halogens is 1. The summed E-state index contributed by atoms with van der Waals surface area (Å²) in [5.41, 5.74) is 6.48. The van der Waals surface area contributed by atoms with Crippen molar-refractivity contribution in [3.8, 4) is 33.8 Å². The van der Waals surface area contributed by atoms with Crippen molar-refractivity contribution in [1.29, 1.82) is 0 Å². The molecule has 1 saturated carbocycles. The molecule has 11 nitrogen and oxygen atoms in total. The van der Waals surface area contributed by atoms with Gasteiger partial charge in [-0.3, -0.25) is 19.9 Å². The normalized spacial score (nSPS) is 13.5. The summed E-state index contributed by atoms with van der Waals surface area (Å²) >= 11 is 0. The van der Waals surface area contributed by atoms with E-state index in [9.17, 15) is 17.6 Å². The molecular weight excluding hydrogens is 571 g/mol. The van der Waals surface area contributed by atoms with Crippen LogP contribution in [0.2, 0.25) is 0 Å². The van der Waals surface area contributed by atoms with Gasteiger partial charge in [0.1, 0.15) is 5.82 Å². The number of hydrogen-bond acceptors (Lipinski definition) is 7. The third-order valence-corrected chi connectivity index (χ3v) is 7.95. The standard InChI is InChI=1S/C30H25FN8O3S/c1-43(41,42)35-12-16-6-18(8-21(31)7-16)27-23-11-26(37-25(23)4-5-33-27)28-24-10-20(14-34-29(24)39-38-28)19-9-22(15-32-13-19)36-30(40)17-2-3-17/h4-11,13-15,17,35,37H,2-3,12H2,1H3,(H,36,40)(H,34,38,39). The van der Waals surface area contributed by atoms with Crippen molar-refractivity contribution < 1.29 is 17.6 Å². The van der Waals surface area contributed by atoms with Crippen molar-refractivity contribution in [1.82, 2.24) is 34.9 Å². The van der Waals surface area contributed by atoms with Gasteiger partial charge in [-0.2, -0.15) is 5.10 Å². The van der Waals surface area contributed by atoms with Crippen molar-refractivity contribution in [2.24, 2.45) is 5.92 Å². The Balaban J connectivity index is 1.25. The molecule has 4 N–H and O–H groups in total. The molecule has 0 saturated heterocycles. The molecule has 0 unspecified atom stereocenters. The quantitative estimate of drug-likeness (QED) is 0.197. The highest BCUT2D eigenvalue weighted by Crippen LogP contribution is 2.35. The molecule has 1 aliphatic carbocycles. The lowest BCUT2D eigenvalue weighted by Crippen LogP contribution is -2.21. The molecule has 5 heterocycles. The van der Waals surface area contributed by atoms with Crippen LogP contribution in [-0.4, -0.2) is 50.7 Å². The number of benzene rings is 1. The van der Waals surface area contributed by atoms with E-state index in [2.05, 4.69) is 40.2 Å². The highest BCUT2D eigenvalue weighted by molar-refractivity contribution is 7.88. The van der Waals surface area contributed by atoms with Gasteiger partial charge in [-0.25, -0.2) is 22.5 Å². The van der Waals surface area contributed by atoms with Crippen LogP contribution in [0.15, 0.2) is 67.3 Å². The number of aromatic amines is 2. The summed E-state index contributed by atoms with van der Waals surface area (Å²) in [4.78, 5) is 29.0. The number of carbonyl (C=O) groups excluding carboxylic acids is 1. The number of hydrogen-bond donors (Lipinski definition) is 4. The number of sulfonamides is 1. The SMILES string of the molecule is CS(=O)(=O)NCc1cc(F)cc(-c2nccc3[nH]c(-c4[nH]nc5ncc(-c6cncc(NC(=O)C7CC7)c6)cc45)cc23)c1. The Morgan fingerprint density at radius 1 is 1.00 bits per heavy atom. The van der Waals surface area contributed by atoms with Crippen molar-refractivity contribution in [3.05, 3.63) is 78.6 Å². The summed E-state index contributed by atoms with van der Waals surface area (Å²) in [7, 11) is -3.44. The van der Waals surface area contributed by atoms with Gasteiger partial charge in [0.15, 0.2) is 5.65 Å². The van der Waals surface area contributed by atoms with E-state index < -0.39 is 15.8 Å². The molecular formula is C30H25FN8O3S. The highest BCUT2D eigenvalue weighted by Gasteiger charge is 2.29. The van der Waals surface area contributed by atoms with Gasteiger partial charge in [-0.15, -0.1) is 0 Å². The number of amides is 1. The maximum atomic E-state index is 14.6. The molecule has 0 bridgehead atoms. The molecule has 0 atom stereocenters. The minimum absolute atomic E-state index is 0.0114. The van der Waals surface area contributed by atoms with Crippen LogP contribution < -0.4 is 10.0 Å². The maximum absolute atomic E-state index is 14.6. The molecule has 1 aromatic carbocycles. The van der Waals surface area contributed by atoms with E-state index in [-0.39, 0.29) is 18.4 Å². The zero-order valence-electron chi connectivity index (χ0n) is 22.8. The summed E-state index contributed by atoms with van der Waals surface area (Å²) in [5.74, 6) is -0.402. The number of H-pyrrole nitrogens is 2. The molecule has 0 aliphatic heterocycles. The number of nitrogens with one attached hydrogen (secondary N) is 4. The average Bonchev–Trinajstić information content (AvgIpc) is 3.61. The van der Waals surface area contributed by atoms with Crippen molar-refractivity contribution in [2.75, 3.05) is 11.6 Å². The predicted molar refractivity (Wildman–Crippen MR) is 161 cm³/mol. The summed E-state index contributed by atoms with van der Waals surface area (Å²) < 4.78 is 40.1. The fourth-order valence-electron chi connectivity index (χ4n) is 5.04. The van der Waals surface area contributed by atoms with E-state index >= 15 is 0 Å². The van der Waals surface area contributed by atoms with E-state index in [0.717, 1.165) is 52.2 Å². The number of nitrogens with zero attached hydrogens (tertiary/aromatic N) is 4. The van der Waals surface area contributed by atoms with Gasteiger partial charge in [0.25, 0.3) is 0 Å². The van der Waals surface area contributed by atoms with Crippen molar-refractivity contribution >= 4 is 43.6 Å². The van der Waals surface area contributed by atoms with Crippen LogP contribution in [-0.2, 0) is 21.4 Å². The Bertz CT molecular complexity index is 2150. The van der Waals surface area contributed by atoms with Crippen LogP contribution in [0.1, 0.15) is 18.4 Å². The lowest BCUT2D eigenvalue weighted by molar-refractivity contribution is -0.117. The first kappa shape index (κ1) is 26.9. The number of pyridine rings is 3. The second-order valence-electron chi connectivity index (χ2n) is 10.7. The summed E-state index contributed by atoms with van der Waals surface area (Å²) in [6, 6.07) is 11.9. The zero-order chi connectivity index (χ0) is 29.7. The first-order chi connectivity index (χ1) is 20.7. The van der Waals surface area contributed by atoms with Crippen LogP contribution in [0.5, 0.6) is 0 Å². The molecule has 7 rings (SSSR count). The number of carbonyl (C=O) groups is 1. The van der Waals surface area contributed by atoms with E-state index in [4.69, 9.17) is 0 Å². The molecule has 13 heteroatoms. The Kier molecular flexibility index (Phi) is 6.47. The van der Waals surface area contributed by atoms with Gasteiger partial charge >= 0.3 is 0 Å². The van der Waals surface area contributed by atoms with Gasteiger partial charge < -0.3 is 10.3 Å². The topological polar surface area (TPSA) is 158 Å². The third-order valence-electron chi connectivity index (χ3n) is 7.28. The number of fused-ring (bicyclic) bond motifs is 2. The summed E-state index contributed by atoms with van der Waals surface area (Å²) in [5, 5.41) is 11.9. The van der Waals surface area contributed by atoms with E-state index in [1.165, 1.54) is 12.1 Å². The Labute approximate surface area is 245 Å². The van der Waals surface area contributed by atoms with E-state index in [0.29, 0.717) is 33.8 Å². The van der Waals surface area contributed by atoms with Gasteiger partial charge in [-0.05, 0) is 60.9 Å². The summed E-state index contributed by atoms with van der Waals surface area (Å²) in [6.45, 7) is -0.0429. The smallest absolute Gasteiger partial charge is 0.227 e. The fraction of sp³-hybridized carbons (Fsp3) is 0.167. The van der Waals surface area contributed by atoms with Crippen molar-refractivity contribution in [3.63, 3.8) is 0 Å². The maximum Gasteiger partial charge on any atom is 0.227 e. The van der Waals surface area contributed by atoms with Gasteiger partial charge in [0.2, 0.25) is 15.9 Å². The Morgan fingerprint density at radius 2 is 1.84 bits per heavy atom. The van der Waals surface area contributed by atoms with Crippen LogP contribution in [0.3, 0.4) is 0 Å². The van der Waals surface area contributed by atoms with Crippen LogP contribution in [0.25, 0.3) is 55.7 Å². The molecule has 5 aromatic heterocycles. The molecule has 216 valence electrons. The molecule has 6 aromatic rings. The number of anilines is 1. The minimum Gasteiger partial charge on any atom is -0.353 e. The molecule has 1 fully saturated rings. The lowest BCUT2D eigenvalue weighted by atomic mass is 10.0. The summed E-state index contributed by atoms with van der Waals surface area (Å²) in [6.07, 6.45) is 9.57. The molecule has 0 spiro atoms. The monoisotopic (exact) mass is 596 g/mol. The second kappa shape index (κ2) is 10.4. The average molecular weight is 597 g/mol. The third kappa shape index (κ3) is 5.59. The first-order valence-electron chi connectivity index (χ1n) is 13.5. The highest BCUT2D eigenvalue weighted by atomic mass is 32.2. The molecule has 43 heavy (non-hydrogen) atoms. The van der Waals surface area contributed by atoms with Gasteiger partial charge in [0, 0.05) is 64.0 Å². The van der Waals surface area contributed by atoms with Crippen molar-refractivity contribution in [2.45, 2.75) is 19.4 Å². The van der Waals surface area contributed by atoms with Gasteiger partial charge in [0.05, 0.1) is 35.2 Å². The fourth-order valence-corrected chi connectivity index (χ4v) is 5.47. The Hall–Kier alpha value is -5.01. The molecule has 1 aliphatic rings.